The van der Waals surface area contributed by atoms with Crippen LogP contribution in [0.3, 0.4) is 0 Å². The predicted molar refractivity (Wildman–Crippen MR) is 125 cm³/mol. The minimum absolute atomic E-state index is 0.159. The summed E-state index contributed by atoms with van der Waals surface area (Å²) in [6, 6.07) is 6.60. The van der Waals surface area contributed by atoms with E-state index in [9.17, 15) is 10.2 Å². The standard InChI is InChI=1S/C26H46O4/c1-3-5-6-7-8-9-10-11-12-13-14-16-23(4-2)20-29-21-25(28)22-30-26-18-15-17-24(27)19-26/h15,17-19,23,25,27-28H,3-14,16,20-22H2,1-2H3. The Bertz CT molecular complexity index is 506. The molecule has 0 spiro atoms. The van der Waals surface area contributed by atoms with Gasteiger partial charge in [-0.1, -0.05) is 97.0 Å². The third-order valence-corrected chi connectivity index (χ3v) is 5.72. The van der Waals surface area contributed by atoms with Crippen molar-refractivity contribution in [3.63, 3.8) is 0 Å². The van der Waals surface area contributed by atoms with E-state index in [0.717, 1.165) is 6.42 Å². The van der Waals surface area contributed by atoms with Gasteiger partial charge in [0.1, 0.15) is 24.2 Å². The molecular weight excluding hydrogens is 376 g/mol. The fourth-order valence-corrected chi connectivity index (χ4v) is 3.69. The van der Waals surface area contributed by atoms with Crippen LogP contribution in [0.1, 0.15) is 97.3 Å². The minimum atomic E-state index is -0.660. The maximum atomic E-state index is 10.0. The highest BCUT2D eigenvalue weighted by Crippen LogP contribution is 2.18. The Hall–Kier alpha value is -1.26. The number of benzene rings is 1. The summed E-state index contributed by atoms with van der Waals surface area (Å²) in [5.41, 5.74) is 0. The van der Waals surface area contributed by atoms with Crippen LogP contribution in [-0.2, 0) is 4.74 Å². The molecule has 0 aliphatic rings. The third-order valence-electron chi connectivity index (χ3n) is 5.72. The fraction of sp³-hybridized carbons (Fsp3) is 0.769. The number of hydrogen-bond donors (Lipinski definition) is 2. The SMILES string of the molecule is CCCCCCCCCCCCCC(CC)COCC(O)COc1cccc(O)c1. The first-order valence-corrected chi connectivity index (χ1v) is 12.3. The van der Waals surface area contributed by atoms with Crippen LogP contribution in [0.15, 0.2) is 24.3 Å². The molecule has 0 saturated carbocycles. The summed E-state index contributed by atoms with van der Waals surface area (Å²) in [4.78, 5) is 0. The van der Waals surface area contributed by atoms with Gasteiger partial charge in [-0.25, -0.2) is 0 Å². The Balaban J connectivity index is 1.96. The summed E-state index contributed by atoms with van der Waals surface area (Å²) in [6.07, 6.45) is 16.8. The van der Waals surface area contributed by atoms with Gasteiger partial charge in [-0.2, -0.15) is 0 Å². The highest BCUT2D eigenvalue weighted by atomic mass is 16.5. The number of unbranched alkanes of at least 4 members (excludes halogenated alkanes) is 10. The lowest BCUT2D eigenvalue weighted by atomic mass is 9.98. The molecule has 0 aliphatic carbocycles. The van der Waals surface area contributed by atoms with Crippen molar-refractivity contribution in [2.45, 2.75) is 103 Å². The zero-order valence-corrected chi connectivity index (χ0v) is 19.5. The zero-order valence-electron chi connectivity index (χ0n) is 19.5. The van der Waals surface area contributed by atoms with Gasteiger partial charge in [-0.3, -0.25) is 0 Å². The van der Waals surface area contributed by atoms with Crippen molar-refractivity contribution in [3.05, 3.63) is 24.3 Å². The fourth-order valence-electron chi connectivity index (χ4n) is 3.69. The van der Waals surface area contributed by atoms with Crippen molar-refractivity contribution >= 4 is 0 Å². The van der Waals surface area contributed by atoms with E-state index < -0.39 is 6.10 Å². The lowest BCUT2D eigenvalue weighted by Gasteiger charge is -2.17. The highest BCUT2D eigenvalue weighted by molar-refractivity contribution is 5.31. The third kappa shape index (κ3) is 14.7. The number of hydrogen-bond acceptors (Lipinski definition) is 4. The molecule has 1 rings (SSSR count). The number of phenolic OH excluding ortho intramolecular Hbond substituents is 1. The molecule has 30 heavy (non-hydrogen) atoms. The van der Waals surface area contributed by atoms with Crippen LogP contribution in [0.25, 0.3) is 0 Å². The highest BCUT2D eigenvalue weighted by Gasteiger charge is 2.10. The van der Waals surface area contributed by atoms with Crippen LogP contribution in [0.2, 0.25) is 0 Å². The second-order valence-corrected chi connectivity index (χ2v) is 8.60. The Morgan fingerprint density at radius 2 is 1.43 bits per heavy atom. The van der Waals surface area contributed by atoms with Crippen molar-refractivity contribution in [3.8, 4) is 11.5 Å². The molecule has 0 radical (unpaired) electrons. The largest absolute Gasteiger partial charge is 0.508 e. The van der Waals surface area contributed by atoms with E-state index in [4.69, 9.17) is 9.47 Å². The summed E-state index contributed by atoms with van der Waals surface area (Å²) in [5, 5.41) is 19.4. The Morgan fingerprint density at radius 1 is 0.800 bits per heavy atom. The number of aromatic hydroxyl groups is 1. The maximum absolute atomic E-state index is 10.0. The van der Waals surface area contributed by atoms with E-state index >= 15 is 0 Å². The molecular formula is C26H46O4. The molecule has 1 aromatic carbocycles. The summed E-state index contributed by atoms with van der Waals surface area (Å²) < 4.78 is 11.2. The van der Waals surface area contributed by atoms with Crippen molar-refractivity contribution in [2.75, 3.05) is 19.8 Å². The topological polar surface area (TPSA) is 58.9 Å². The van der Waals surface area contributed by atoms with E-state index in [2.05, 4.69) is 13.8 Å². The van der Waals surface area contributed by atoms with E-state index in [-0.39, 0.29) is 19.0 Å². The van der Waals surface area contributed by atoms with E-state index in [1.54, 1.807) is 18.2 Å². The van der Waals surface area contributed by atoms with Crippen molar-refractivity contribution in [2.24, 2.45) is 5.92 Å². The van der Waals surface area contributed by atoms with Gasteiger partial charge in [0, 0.05) is 12.7 Å². The van der Waals surface area contributed by atoms with E-state index in [1.807, 2.05) is 0 Å². The second kappa shape index (κ2) is 18.5. The summed E-state index contributed by atoms with van der Waals surface area (Å²) in [6.45, 7) is 5.65. The zero-order chi connectivity index (χ0) is 21.9. The number of rotatable bonds is 20. The van der Waals surface area contributed by atoms with Crippen LogP contribution < -0.4 is 4.74 Å². The molecule has 174 valence electrons. The minimum Gasteiger partial charge on any atom is -0.508 e. The predicted octanol–water partition coefficient (Wildman–Crippen LogP) is 6.88. The molecule has 0 aliphatic heterocycles. The van der Waals surface area contributed by atoms with Crippen LogP contribution in [0.5, 0.6) is 11.5 Å². The van der Waals surface area contributed by atoms with Crippen LogP contribution in [0.4, 0.5) is 0 Å². The molecule has 2 N–H and O–H groups in total. The average Bonchev–Trinajstić information content (AvgIpc) is 2.74. The van der Waals surface area contributed by atoms with Crippen LogP contribution >= 0.6 is 0 Å². The maximum Gasteiger partial charge on any atom is 0.123 e. The molecule has 0 heterocycles. The molecule has 4 nitrogen and oxygen atoms in total. The number of aliphatic hydroxyl groups is 1. The van der Waals surface area contributed by atoms with Gasteiger partial charge in [-0.05, 0) is 24.5 Å². The van der Waals surface area contributed by atoms with Gasteiger partial charge < -0.3 is 19.7 Å². The van der Waals surface area contributed by atoms with Gasteiger partial charge in [0.15, 0.2) is 0 Å². The van der Waals surface area contributed by atoms with Crippen molar-refractivity contribution in [1.29, 1.82) is 0 Å². The monoisotopic (exact) mass is 422 g/mol. The first-order valence-electron chi connectivity index (χ1n) is 12.3. The summed E-state index contributed by atoms with van der Waals surface area (Å²) in [5.74, 6) is 1.28. The molecule has 2 atom stereocenters. The van der Waals surface area contributed by atoms with Gasteiger partial charge >= 0.3 is 0 Å². The number of phenols is 1. The van der Waals surface area contributed by atoms with Gasteiger partial charge in [0.25, 0.3) is 0 Å². The Labute approximate surface area is 185 Å². The lowest BCUT2D eigenvalue weighted by molar-refractivity contribution is -0.00116. The normalized spacial score (nSPS) is 13.3. The smallest absolute Gasteiger partial charge is 0.123 e. The van der Waals surface area contributed by atoms with Crippen LogP contribution in [0, 0.1) is 5.92 Å². The quantitative estimate of drug-likeness (QED) is 0.225. The van der Waals surface area contributed by atoms with Gasteiger partial charge in [0.05, 0.1) is 6.61 Å². The number of ether oxygens (including phenoxy) is 2. The molecule has 0 fully saturated rings. The Kier molecular flexibility index (Phi) is 16.5. The first-order chi connectivity index (χ1) is 14.7. The average molecular weight is 423 g/mol. The van der Waals surface area contributed by atoms with Gasteiger partial charge in [-0.15, -0.1) is 0 Å². The molecule has 0 amide bonds. The second-order valence-electron chi connectivity index (χ2n) is 8.60. The number of aliphatic hydroxyl groups excluding tert-OH is 1. The molecule has 4 heteroatoms. The van der Waals surface area contributed by atoms with Crippen molar-refractivity contribution < 1.29 is 19.7 Å². The van der Waals surface area contributed by atoms with Crippen LogP contribution in [-0.4, -0.2) is 36.1 Å². The molecule has 1 aromatic rings. The van der Waals surface area contributed by atoms with Gasteiger partial charge in [0.2, 0.25) is 0 Å². The molecule has 0 bridgehead atoms. The molecule has 0 aromatic heterocycles. The molecule has 2 unspecified atom stereocenters. The van der Waals surface area contributed by atoms with Crippen molar-refractivity contribution in [1.82, 2.24) is 0 Å². The first kappa shape index (κ1) is 26.8. The summed E-state index contributed by atoms with van der Waals surface area (Å²) >= 11 is 0. The van der Waals surface area contributed by atoms with E-state index in [0.29, 0.717) is 18.3 Å². The Morgan fingerprint density at radius 3 is 2.03 bits per heavy atom. The van der Waals surface area contributed by atoms with E-state index in [1.165, 1.54) is 83.1 Å². The molecule has 0 saturated heterocycles. The summed E-state index contributed by atoms with van der Waals surface area (Å²) in [7, 11) is 0. The lowest BCUT2D eigenvalue weighted by Crippen LogP contribution is -2.25.